The largest absolute Gasteiger partial charge is 0.243 e. The first kappa shape index (κ1) is 9.26. The molecule has 4 fully saturated rings. The molecule has 86 valence electrons. The lowest BCUT2D eigenvalue weighted by atomic mass is 9.53. The predicted octanol–water partition coefficient (Wildman–Crippen LogP) is 2.24. The van der Waals surface area contributed by atoms with Crippen LogP contribution in [0.3, 0.4) is 0 Å². The van der Waals surface area contributed by atoms with Crippen molar-refractivity contribution in [2.24, 2.45) is 24.8 Å². The van der Waals surface area contributed by atoms with Crippen molar-refractivity contribution >= 4 is 0 Å². The molecule has 0 unspecified atom stereocenters. The van der Waals surface area contributed by atoms with Gasteiger partial charge in [0.15, 0.2) is 0 Å². The lowest BCUT2D eigenvalue weighted by molar-refractivity contribution is -0.671. The lowest BCUT2D eigenvalue weighted by Gasteiger charge is -2.54. The van der Waals surface area contributed by atoms with Crippen molar-refractivity contribution in [3.05, 3.63) is 18.7 Å². The molecule has 5 rings (SSSR count). The number of nitrogens with zero attached hydrogens (tertiary/aromatic N) is 2. The van der Waals surface area contributed by atoms with Gasteiger partial charge in [0.05, 0.1) is 7.05 Å². The minimum absolute atomic E-state index is 0.510. The van der Waals surface area contributed by atoms with E-state index in [1.165, 1.54) is 38.5 Å². The second kappa shape index (κ2) is 2.91. The van der Waals surface area contributed by atoms with Crippen LogP contribution in [0.1, 0.15) is 38.5 Å². The van der Waals surface area contributed by atoms with Crippen LogP contribution in [0.4, 0.5) is 0 Å². The summed E-state index contributed by atoms with van der Waals surface area (Å²) >= 11 is 0. The standard InChI is InChI=1S/C14H21N2/c1-15-2-3-16(10-15)14-7-11-4-12(8-14)6-13(5-11)9-14/h2-3,10-13H,4-9H2,1H3/q+1. The number of imidazole rings is 1. The molecule has 16 heavy (non-hydrogen) atoms. The second-order valence-corrected chi connectivity index (χ2v) is 6.63. The highest BCUT2D eigenvalue weighted by atomic mass is 15.2. The lowest BCUT2D eigenvalue weighted by Crippen LogP contribution is -2.51. The zero-order valence-electron chi connectivity index (χ0n) is 10.1. The van der Waals surface area contributed by atoms with Crippen LogP contribution < -0.4 is 4.57 Å². The fourth-order valence-corrected chi connectivity index (χ4v) is 5.11. The molecule has 0 aliphatic heterocycles. The average Bonchev–Trinajstić information content (AvgIpc) is 2.63. The summed E-state index contributed by atoms with van der Waals surface area (Å²) in [5.41, 5.74) is 0.510. The number of hydrogen-bond acceptors (Lipinski definition) is 0. The first-order chi connectivity index (χ1) is 7.73. The van der Waals surface area contributed by atoms with Gasteiger partial charge in [0.1, 0.15) is 17.9 Å². The molecule has 4 saturated carbocycles. The number of aryl methyl sites for hydroxylation is 1. The number of hydrogen-bond donors (Lipinski definition) is 0. The molecule has 2 nitrogen and oxygen atoms in total. The van der Waals surface area contributed by atoms with Crippen LogP contribution in [-0.2, 0) is 12.6 Å². The Morgan fingerprint density at radius 2 is 1.62 bits per heavy atom. The van der Waals surface area contributed by atoms with E-state index in [9.17, 15) is 0 Å². The van der Waals surface area contributed by atoms with E-state index in [0.717, 1.165) is 17.8 Å². The molecule has 0 N–H and O–H groups in total. The molecule has 0 radical (unpaired) electrons. The zero-order chi connectivity index (χ0) is 10.8. The van der Waals surface area contributed by atoms with E-state index in [1.54, 1.807) is 0 Å². The maximum absolute atomic E-state index is 2.54. The minimum Gasteiger partial charge on any atom is -0.240 e. The predicted molar refractivity (Wildman–Crippen MR) is 61.8 cm³/mol. The summed E-state index contributed by atoms with van der Waals surface area (Å²) < 4.78 is 4.73. The van der Waals surface area contributed by atoms with Crippen LogP contribution in [-0.4, -0.2) is 4.57 Å². The van der Waals surface area contributed by atoms with Gasteiger partial charge in [-0.25, -0.2) is 9.13 Å². The second-order valence-electron chi connectivity index (χ2n) is 6.63. The third-order valence-corrected chi connectivity index (χ3v) is 5.32. The third kappa shape index (κ3) is 1.16. The molecule has 1 aromatic rings. The maximum Gasteiger partial charge on any atom is 0.243 e. The fraction of sp³-hybridized carbons (Fsp3) is 0.786. The van der Waals surface area contributed by atoms with E-state index in [2.05, 4.69) is 34.9 Å². The van der Waals surface area contributed by atoms with Crippen LogP contribution in [0.25, 0.3) is 0 Å². The first-order valence-corrected chi connectivity index (χ1v) is 6.77. The fourth-order valence-electron chi connectivity index (χ4n) is 5.11. The van der Waals surface area contributed by atoms with Gasteiger partial charge >= 0.3 is 0 Å². The summed E-state index contributed by atoms with van der Waals surface area (Å²) in [5.74, 6) is 3.12. The van der Waals surface area contributed by atoms with Crippen LogP contribution in [0.5, 0.6) is 0 Å². The van der Waals surface area contributed by atoms with Crippen LogP contribution in [0.2, 0.25) is 0 Å². The Morgan fingerprint density at radius 3 is 2.06 bits per heavy atom. The average molecular weight is 217 g/mol. The van der Waals surface area contributed by atoms with Crippen LogP contribution >= 0.6 is 0 Å². The topological polar surface area (TPSA) is 8.81 Å². The molecule has 4 aliphatic rings. The molecule has 4 aliphatic carbocycles. The molecule has 1 heterocycles. The molecule has 4 bridgehead atoms. The zero-order valence-corrected chi connectivity index (χ0v) is 10.1. The Hall–Kier alpha value is -0.790. The van der Waals surface area contributed by atoms with E-state index < -0.39 is 0 Å². The van der Waals surface area contributed by atoms with Crippen molar-refractivity contribution in [1.29, 1.82) is 0 Å². The van der Waals surface area contributed by atoms with Crippen molar-refractivity contribution < 1.29 is 4.57 Å². The molecule has 0 spiro atoms. The monoisotopic (exact) mass is 217 g/mol. The van der Waals surface area contributed by atoms with Gasteiger partial charge in [0.2, 0.25) is 6.33 Å². The van der Waals surface area contributed by atoms with Gasteiger partial charge in [-0.2, -0.15) is 0 Å². The van der Waals surface area contributed by atoms with Gasteiger partial charge in [0, 0.05) is 0 Å². The van der Waals surface area contributed by atoms with Gasteiger partial charge in [-0.1, -0.05) is 0 Å². The summed E-state index contributed by atoms with van der Waals surface area (Å²) in [6.45, 7) is 0. The normalized spacial score (nSPS) is 45.2. The molecule has 1 aromatic heterocycles. The maximum atomic E-state index is 2.54. The molecular weight excluding hydrogens is 196 g/mol. The van der Waals surface area contributed by atoms with Crippen LogP contribution in [0.15, 0.2) is 18.7 Å². The highest BCUT2D eigenvalue weighted by molar-refractivity contribution is 5.05. The van der Waals surface area contributed by atoms with E-state index in [-0.39, 0.29) is 0 Å². The third-order valence-electron chi connectivity index (χ3n) is 5.32. The highest BCUT2D eigenvalue weighted by Gasteiger charge is 2.54. The quantitative estimate of drug-likeness (QED) is 0.638. The summed E-state index contributed by atoms with van der Waals surface area (Å²) in [5, 5.41) is 0. The Kier molecular flexibility index (Phi) is 1.68. The number of rotatable bonds is 1. The van der Waals surface area contributed by atoms with Crippen LogP contribution in [0, 0.1) is 17.8 Å². The van der Waals surface area contributed by atoms with Gasteiger partial charge in [-0.15, -0.1) is 0 Å². The highest BCUT2D eigenvalue weighted by Crippen LogP contribution is 2.58. The summed E-state index contributed by atoms with van der Waals surface area (Å²) in [7, 11) is 2.14. The van der Waals surface area contributed by atoms with Crippen molar-refractivity contribution in [3.8, 4) is 0 Å². The van der Waals surface area contributed by atoms with E-state index in [4.69, 9.17) is 0 Å². The van der Waals surface area contributed by atoms with Crippen molar-refractivity contribution in [1.82, 2.24) is 4.57 Å². The van der Waals surface area contributed by atoms with Gasteiger partial charge < -0.3 is 0 Å². The molecular formula is C14H21N2+. The molecule has 0 aromatic carbocycles. The molecule has 2 heteroatoms. The molecule has 0 saturated heterocycles. The smallest absolute Gasteiger partial charge is 0.240 e. The minimum atomic E-state index is 0.510. The summed E-state index contributed by atoms with van der Waals surface area (Å²) in [6.07, 6.45) is 15.7. The van der Waals surface area contributed by atoms with Crippen molar-refractivity contribution in [2.45, 2.75) is 44.1 Å². The summed E-state index contributed by atoms with van der Waals surface area (Å²) in [4.78, 5) is 0. The first-order valence-electron chi connectivity index (χ1n) is 6.77. The van der Waals surface area contributed by atoms with E-state index in [0.29, 0.717) is 5.54 Å². The Balaban J connectivity index is 1.76. The SMILES string of the molecule is C[n+]1ccn(C23CC4CC(CC(C4)C2)C3)c1. The Bertz CT molecular complexity index is 383. The molecule has 0 amide bonds. The van der Waals surface area contributed by atoms with Gasteiger partial charge in [-0.3, -0.25) is 0 Å². The van der Waals surface area contributed by atoms with E-state index in [1.807, 2.05) is 0 Å². The Labute approximate surface area is 97.3 Å². The van der Waals surface area contributed by atoms with Crippen molar-refractivity contribution in [2.75, 3.05) is 0 Å². The molecule has 0 atom stereocenters. The number of aromatic nitrogens is 2. The van der Waals surface area contributed by atoms with Gasteiger partial charge in [0.25, 0.3) is 0 Å². The summed E-state index contributed by atoms with van der Waals surface area (Å²) in [6, 6.07) is 0. The van der Waals surface area contributed by atoms with Crippen molar-refractivity contribution in [3.63, 3.8) is 0 Å². The van der Waals surface area contributed by atoms with E-state index >= 15 is 0 Å². The Morgan fingerprint density at radius 1 is 1.06 bits per heavy atom. The van der Waals surface area contributed by atoms with Gasteiger partial charge in [-0.05, 0) is 56.3 Å².